The van der Waals surface area contributed by atoms with E-state index in [9.17, 15) is 30.0 Å². The van der Waals surface area contributed by atoms with Crippen LogP contribution in [-0.2, 0) is 33.3 Å². The van der Waals surface area contributed by atoms with Crippen LogP contribution in [0.5, 0.6) is 0 Å². The first-order valence-corrected chi connectivity index (χ1v) is 23.6. The molecule has 6 heterocycles. The third-order valence-corrected chi connectivity index (χ3v) is 19.2. The van der Waals surface area contributed by atoms with E-state index in [-0.39, 0.29) is 65.1 Å². The van der Waals surface area contributed by atoms with Gasteiger partial charge in [0, 0.05) is 30.1 Å². The number of carboxylic acid groups (broad SMARTS) is 1. The topological polar surface area (TPSA) is 161 Å². The van der Waals surface area contributed by atoms with Crippen LogP contribution in [0.2, 0.25) is 5.54 Å². The van der Waals surface area contributed by atoms with Crippen LogP contribution >= 0.6 is 0 Å². The number of hydrogen-bond acceptors (Lipinski definition) is 10. The molecule has 5 saturated heterocycles. The Hall–Kier alpha value is -1.22. The highest BCUT2D eigenvalue weighted by atomic mass is 28.2. The van der Waals surface area contributed by atoms with Crippen molar-refractivity contribution in [1.29, 1.82) is 0 Å². The lowest BCUT2D eigenvalue weighted by molar-refractivity contribution is -0.409. The fraction of sp³-hybridized carbons (Fsp3) is 0.909. The fourth-order valence-corrected chi connectivity index (χ4v) is 14.5. The molecule has 0 bridgehead atoms. The van der Waals surface area contributed by atoms with Gasteiger partial charge in [-0.25, -0.2) is 0 Å². The third kappa shape index (κ3) is 7.56. The molecule has 0 amide bonds. The zero-order chi connectivity index (χ0) is 41.3. The molecule has 0 saturated carbocycles. The largest absolute Gasteiger partial charge is 0.481 e. The van der Waals surface area contributed by atoms with Gasteiger partial charge in [-0.3, -0.25) is 9.59 Å². The second-order valence-electron chi connectivity index (χ2n) is 19.7. The lowest BCUT2D eigenvalue weighted by Crippen LogP contribution is -2.63. The molecule has 4 N–H and O–H groups in total. The Labute approximate surface area is 337 Å². The van der Waals surface area contributed by atoms with Gasteiger partial charge in [0.25, 0.3) is 0 Å². The number of hydrogen-bond donors (Lipinski definition) is 4. The SMILES string of the molecule is CC[C@@H](C(=O)O)[C@@H]1O[C@@H]([C@@H](C)[C@]2(O)[SiH2]C2[C@H](C)C(=O)[C@H](CC)[C@H]2O[C@]3(C=C[C@@H](O)[C@]4(CC[C@@](C)([C@H]5CC[C@](O)(CC)[C@H](C)O5)O4)O3)[C@H](C)C[C@@H]2C)[C@@H](C)C[C@@H]1C. The zero-order valence-electron chi connectivity index (χ0n) is 36.0. The quantitative estimate of drug-likeness (QED) is 0.141. The predicted octanol–water partition coefficient (Wildman–Crippen LogP) is 5.73. The number of carbonyl (C=O) groups is 2. The van der Waals surface area contributed by atoms with Crippen LogP contribution in [0, 0.1) is 47.3 Å². The van der Waals surface area contributed by atoms with E-state index in [1.165, 1.54) is 0 Å². The summed E-state index contributed by atoms with van der Waals surface area (Å²) in [7, 11) is -1.05. The fourth-order valence-electron chi connectivity index (χ4n) is 12.0. The molecule has 11 nitrogen and oxygen atoms in total. The highest BCUT2D eigenvalue weighted by Crippen LogP contribution is 2.57. The van der Waals surface area contributed by atoms with Crippen molar-refractivity contribution < 1.29 is 53.7 Å². The first kappa shape index (κ1) is 44.3. The summed E-state index contributed by atoms with van der Waals surface area (Å²) >= 11 is 0. The van der Waals surface area contributed by atoms with E-state index in [4.69, 9.17) is 23.7 Å². The van der Waals surface area contributed by atoms with Crippen LogP contribution in [0.4, 0.5) is 0 Å². The van der Waals surface area contributed by atoms with E-state index in [2.05, 4.69) is 27.7 Å². The van der Waals surface area contributed by atoms with Crippen molar-refractivity contribution in [2.75, 3.05) is 0 Å². The molecule has 2 spiro atoms. The number of Topliss-reactive ketones (excluding diaryl/α,β-unsaturated/α-hetero) is 1. The average molecular weight is 807 g/mol. The smallest absolute Gasteiger partial charge is 0.309 e. The monoisotopic (exact) mass is 807 g/mol. The normalized spacial score (nSPS) is 50.5. The van der Waals surface area contributed by atoms with Gasteiger partial charge in [0.15, 0.2) is 5.79 Å². The number of aliphatic hydroxyl groups excluding tert-OH is 1. The van der Waals surface area contributed by atoms with Gasteiger partial charge in [-0.15, -0.1) is 0 Å². The van der Waals surface area contributed by atoms with Crippen LogP contribution in [0.25, 0.3) is 0 Å². The second-order valence-corrected chi connectivity index (χ2v) is 22.1. The van der Waals surface area contributed by atoms with Crippen LogP contribution in [0.15, 0.2) is 12.2 Å². The molecule has 12 heteroatoms. The van der Waals surface area contributed by atoms with Gasteiger partial charge >= 0.3 is 5.97 Å². The molecular weight excluding hydrogens is 733 g/mol. The van der Waals surface area contributed by atoms with Crippen LogP contribution in [0.3, 0.4) is 0 Å². The predicted molar refractivity (Wildman–Crippen MR) is 214 cm³/mol. The molecule has 56 heavy (non-hydrogen) atoms. The summed E-state index contributed by atoms with van der Waals surface area (Å²) < 4.78 is 33.9. The van der Waals surface area contributed by atoms with E-state index in [0.717, 1.165) is 12.8 Å². The van der Waals surface area contributed by atoms with E-state index in [1.807, 2.05) is 54.5 Å². The van der Waals surface area contributed by atoms with Crippen LogP contribution in [0.1, 0.15) is 134 Å². The number of rotatable bonds is 12. The molecular formula is C44H74O11Si. The number of ketones is 1. The zero-order valence-corrected chi connectivity index (χ0v) is 37.4. The van der Waals surface area contributed by atoms with Gasteiger partial charge in [-0.1, -0.05) is 62.3 Å². The minimum Gasteiger partial charge on any atom is -0.481 e. The standard InChI is InChI=1S/C44H74O11Si/c1-12-30(34(46)27(8)38-44(50,56-38)28(9)35-23(4)21-24(5)36(52-35)31(13-2)39(47)48)37-25(6)22-26(7)42(53-37)18-15-32(45)43(55-42)20-19-40(11,54-43)33-16-17-41(49,14-3)29(10)51-33/h15,18,23-33,35-38,45,49-50H,12-14,16-17,19-22,56H2,1-11H3,(H,47,48)/t23-,24-,25-,26+,27+,28+,29-,30-,31+,32+,33+,35+,36+,37-,38?,40-,41+,42-,43-,44-/m0/s1. The maximum atomic E-state index is 14.6. The van der Waals surface area contributed by atoms with Crippen molar-refractivity contribution >= 4 is 21.3 Å². The van der Waals surface area contributed by atoms with E-state index in [1.54, 1.807) is 6.08 Å². The van der Waals surface area contributed by atoms with Gasteiger partial charge in [0.1, 0.15) is 11.9 Å². The van der Waals surface area contributed by atoms with E-state index in [0.29, 0.717) is 44.9 Å². The summed E-state index contributed by atoms with van der Waals surface area (Å²) in [5.74, 6) is -4.63. The first-order chi connectivity index (χ1) is 26.1. The van der Waals surface area contributed by atoms with E-state index >= 15 is 0 Å². The summed E-state index contributed by atoms with van der Waals surface area (Å²) in [5.41, 5.74) is -1.72. The van der Waals surface area contributed by atoms with Crippen LogP contribution < -0.4 is 0 Å². The van der Waals surface area contributed by atoms with Gasteiger partial charge in [0.05, 0.1) is 62.4 Å². The van der Waals surface area contributed by atoms with Gasteiger partial charge < -0.3 is 44.1 Å². The Morgan fingerprint density at radius 3 is 2.11 bits per heavy atom. The highest BCUT2D eigenvalue weighted by molar-refractivity contribution is 6.57. The molecule has 320 valence electrons. The highest BCUT2D eigenvalue weighted by Gasteiger charge is 2.65. The Balaban J connectivity index is 1.16. The molecule has 0 aliphatic carbocycles. The molecule has 0 aromatic carbocycles. The number of carbonyl (C=O) groups excluding carboxylic acids is 1. The lowest BCUT2D eigenvalue weighted by atomic mass is 9.73. The van der Waals surface area contributed by atoms with Crippen LogP contribution in [-0.4, -0.2) is 106 Å². The maximum absolute atomic E-state index is 14.6. The molecule has 1 unspecified atom stereocenters. The van der Waals surface area contributed by atoms with Crippen molar-refractivity contribution in [2.24, 2.45) is 47.3 Å². The summed E-state index contributed by atoms with van der Waals surface area (Å²) in [4.78, 5) is 26.8. The number of aliphatic carboxylic acids is 1. The maximum Gasteiger partial charge on any atom is 0.309 e. The Bertz CT molecular complexity index is 1480. The lowest BCUT2D eigenvalue weighted by Gasteiger charge is -2.54. The minimum absolute atomic E-state index is 0.0612. The minimum atomic E-state index is -1.35. The molecule has 0 radical (unpaired) electrons. The molecule has 6 aliphatic heterocycles. The number of carboxylic acids is 1. The molecule has 6 aliphatic rings. The van der Waals surface area contributed by atoms with Gasteiger partial charge in [0.2, 0.25) is 5.79 Å². The summed E-state index contributed by atoms with van der Waals surface area (Å²) in [6.45, 7) is 22.3. The molecule has 0 aromatic rings. The van der Waals surface area contributed by atoms with Crippen molar-refractivity contribution in [3.8, 4) is 0 Å². The Morgan fingerprint density at radius 2 is 1.50 bits per heavy atom. The Morgan fingerprint density at radius 1 is 0.857 bits per heavy atom. The molecule has 6 rings (SSSR count). The molecule has 0 aromatic heterocycles. The van der Waals surface area contributed by atoms with E-state index < -0.39 is 73.6 Å². The summed E-state index contributed by atoms with van der Waals surface area (Å²) in [5, 5.41) is 43.7. The van der Waals surface area contributed by atoms with Crippen molar-refractivity contribution in [2.45, 2.75) is 204 Å². The molecule has 5 fully saturated rings. The van der Waals surface area contributed by atoms with Crippen molar-refractivity contribution in [3.05, 3.63) is 12.2 Å². The summed E-state index contributed by atoms with van der Waals surface area (Å²) in [6, 6.07) is 0. The average Bonchev–Trinajstić information content (AvgIpc) is 3.73. The third-order valence-electron chi connectivity index (χ3n) is 16.1. The Kier molecular flexibility index (Phi) is 12.7. The summed E-state index contributed by atoms with van der Waals surface area (Å²) in [6.07, 6.45) is 6.35. The second kappa shape index (κ2) is 16.0. The number of ether oxygens (including phenoxy) is 5. The van der Waals surface area contributed by atoms with Gasteiger partial charge in [-0.05, 0) is 101 Å². The van der Waals surface area contributed by atoms with Gasteiger partial charge in [-0.2, -0.15) is 0 Å². The van der Waals surface area contributed by atoms with Crippen molar-refractivity contribution in [1.82, 2.24) is 0 Å². The van der Waals surface area contributed by atoms with Crippen molar-refractivity contribution in [3.63, 3.8) is 0 Å². The first-order valence-electron chi connectivity index (χ1n) is 22.1. The number of aliphatic hydroxyl groups is 3. The molecule has 20 atom stereocenters.